The summed E-state index contributed by atoms with van der Waals surface area (Å²) in [5, 5.41) is 15.5. The van der Waals surface area contributed by atoms with Crippen LogP contribution in [-0.2, 0) is 25.7 Å². The number of rotatable bonds is 10. The Hall–Kier alpha value is -3.10. The maximum absolute atomic E-state index is 12.3. The van der Waals surface area contributed by atoms with Crippen molar-refractivity contribution in [2.75, 3.05) is 13.1 Å². The minimum Gasteiger partial charge on any atom is -0.480 e. The van der Waals surface area contributed by atoms with Gasteiger partial charge in [0, 0.05) is 0 Å². The Morgan fingerprint density at radius 2 is 1.74 bits per heavy atom. The largest absolute Gasteiger partial charge is 0.480 e. The van der Waals surface area contributed by atoms with Crippen LogP contribution >= 0.6 is 0 Å². The second-order valence-electron chi connectivity index (χ2n) is 5.96. The monoisotopic (exact) mass is 379 g/mol. The molecule has 9 heteroatoms. The van der Waals surface area contributed by atoms with Crippen molar-refractivity contribution in [1.82, 2.24) is 16.0 Å². The van der Waals surface area contributed by atoms with Crippen molar-refractivity contribution in [2.45, 2.75) is 32.9 Å². The second kappa shape index (κ2) is 11.5. The van der Waals surface area contributed by atoms with Crippen LogP contribution in [0, 0.1) is 5.92 Å². The number of hydrogen-bond acceptors (Lipinski definition) is 5. The molecule has 0 spiro atoms. The molecule has 9 nitrogen and oxygen atoms in total. The van der Waals surface area contributed by atoms with Crippen LogP contribution in [0.15, 0.2) is 30.3 Å². The van der Waals surface area contributed by atoms with Crippen LogP contribution < -0.4 is 16.0 Å². The van der Waals surface area contributed by atoms with Crippen LogP contribution in [0.2, 0.25) is 0 Å². The minimum absolute atomic E-state index is 0.0686. The van der Waals surface area contributed by atoms with Gasteiger partial charge in [-0.05, 0) is 11.5 Å². The van der Waals surface area contributed by atoms with Crippen LogP contribution in [0.1, 0.15) is 25.8 Å². The average molecular weight is 379 g/mol. The summed E-state index contributed by atoms with van der Waals surface area (Å²) in [5.41, 5.74) is 0.812. The zero-order valence-electron chi connectivity index (χ0n) is 15.4. The molecule has 4 N–H and O–H groups in total. The van der Waals surface area contributed by atoms with Gasteiger partial charge in [0.05, 0.1) is 6.54 Å². The van der Waals surface area contributed by atoms with Gasteiger partial charge < -0.3 is 25.8 Å². The number of carbonyl (C=O) groups is 4. The molecule has 1 rings (SSSR count). The Bertz CT molecular complexity index is 650. The van der Waals surface area contributed by atoms with Crippen molar-refractivity contribution in [2.24, 2.45) is 5.92 Å². The molecule has 0 aliphatic carbocycles. The first-order chi connectivity index (χ1) is 12.8. The van der Waals surface area contributed by atoms with Crippen molar-refractivity contribution >= 4 is 23.9 Å². The Morgan fingerprint density at radius 1 is 1.07 bits per heavy atom. The number of carboxylic acid groups (broad SMARTS) is 1. The first-order valence-corrected chi connectivity index (χ1v) is 8.56. The topological polar surface area (TPSA) is 134 Å². The Kier molecular flexibility index (Phi) is 9.35. The van der Waals surface area contributed by atoms with Crippen molar-refractivity contribution in [3.8, 4) is 0 Å². The number of benzene rings is 1. The van der Waals surface area contributed by atoms with Crippen LogP contribution in [0.4, 0.5) is 4.79 Å². The van der Waals surface area contributed by atoms with E-state index >= 15 is 0 Å². The zero-order valence-corrected chi connectivity index (χ0v) is 15.4. The fourth-order valence-corrected chi connectivity index (χ4v) is 2.11. The summed E-state index contributed by atoms with van der Waals surface area (Å²) < 4.78 is 5.12. The van der Waals surface area contributed by atoms with E-state index in [9.17, 15) is 19.2 Å². The average Bonchev–Trinajstić information content (AvgIpc) is 2.67. The second-order valence-corrected chi connectivity index (χ2v) is 5.96. The standard InChI is InChI=1S/C18H25N3O6/c1-3-12(2)16(17(25)20-9-14(22)19-10-15(23)24)21-18(26)27-11-13-7-5-4-6-8-13/h4-8,12,16H,3,9-11H2,1-2H3,(H,19,22)(H,20,25)(H,21,26)(H,23,24)/t12-,16-/m0/s1. The lowest BCUT2D eigenvalue weighted by molar-refractivity contribution is -0.137. The molecule has 0 radical (unpaired) electrons. The Labute approximate surface area is 157 Å². The maximum atomic E-state index is 12.3. The minimum atomic E-state index is -1.19. The molecular formula is C18H25N3O6. The molecule has 0 saturated carbocycles. The maximum Gasteiger partial charge on any atom is 0.408 e. The van der Waals surface area contributed by atoms with Crippen LogP contribution in [0.25, 0.3) is 0 Å². The molecule has 0 bridgehead atoms. The van der Waals surface area contributed by atoms with Crippen molar-refractivity contribution in [1.29, 1.82) is 0 Å². The number of nitrogens with one attached hydrogen (secondary N) is 3. The third-order valence-corrected chi connectivity index (χ3v) is 3.84. The van der Waals surface area contributed by atoms with Gasteiger partial charge in [0.2, 0.25) is 11.8 Å². The molecule has 1 aromatic rings. The van der Waals surface area contributed by atoms with Crippen LogP contribution in [-0.4, -0.2) is 48.1 Å². The first kappa shape index (κ1) is 21.9. The molecular weight excluding hydrogens is 354 g/mol. The number of aliphatic carboxylic acids is 1. The molecule has 0 aliphatic rings. The van der Waals surface area contributed by atoms with Gasteiger partial charge in [-0.3, -0.25) is 14.4 Å². The predicted molar refractivity (Wildman–Crippen MR) is 96.7 cm³/mol. The highest BCUT2D eigenvalue weighted by Crippen LogP contribution is 2.09. The van der Waals surface area contributed by atoms with E-state index in [0.29, 0.717) is 6.42 Å². The zero-order chi connectivity index (χ0) is 20.2. The summed E-state index contributed by atoms with van der Waals surface area (Å²) >= 11 is 0. The predicted octanol–water partition coefficient (Wildman–Crippen LogP) is 0.645. The van der Waals surface area contributed by atoms with E-state index in [0.717, 1.165) is 5.56 Å². The summed E-state index contributed by atoms with van der Waals surface area (Å²) in [6.07, 6.45) is -0.128. The van der Waals surface area contributed by atoms with E-state index in [1.165, 1.54) is 0 Å². The van der Waals surface area contributed by atoms with E-state index in [1.54, 1.807) is 6.92 Å². The van der Waals surface area contributed by atoms with Gasteiger partial charge in [0.25, 0.3) is 0 Å². The summed E-state index contributed by atoms with van der Waals surface area (Å²) in [7, 11) is 0. The lowest BCUT2D eigenvalue weighted by Crippen LogP contribution is -2.52. The first-order valence-electron chi connectivity index (χ1n) is 8.56. The van der Waals surface area contributed by atoms with Crippen molar-refractivity contribution in [3.63, 3.8) is 0 Å². The smallest absolute Gasteiger partial charge is 0.408 e. The van der Waals surface area contributed by atoms with Crippen molar-refractivity contribution < 1.29 is 29.0 Å². The molecule has 0 aliphatic heterocycles. The fourth-order valence-electron chi connectivity index (χ4n) is 2.11. The molecule has 0 fully saturated rings. The Morgan fingerprint density at radius 3 is 2.33 bits per heavy atom. The third-order valence-electron chi connectivity index (χ3n) is 3.84. The molecule has 0 heterocycles. The van der Waals surface area contributed by atoms with E-state index in [2.05, 4.69) is 16.0 Å². The number of carboxylic acids is 1. The number of ether oxygens (including phenoxy) is 1. The molecule has 0 unspecified atom stereocenters. The molecule has 1 aromatic carbocycles. The highest BCUT2D eigenvalue weighted by molar-refractivity contribution is 5.90. The van der Waals surface area contributed by atoms with Gasteiger partial charge in [0.1, 0.15) is 19.2 Å². The quantitative estimate of drug-likeness (QED) is 0.471. The van der Waals surface area contributed by atoms with Gasteiger partial charge in [-0.25, -0.2) is 4.79 Å². The third kappa shape index (κ3) is 8.70. The molecule has 0 aromatic heterocycles. The lowest BCUT2D eigenvalue weighted by atomic mass is 9.98. The van der Waals surface area contributed by atoms with Gasteiger partial charge in [-0.1, -0.05) is 50.6 Å². The van der Waals surface area contributed by atoms with Crippen molar-refractivity contribution in [3.05, 3.63) is 35.9 Å². The Balaban J connectivity index is 2.53. The van der Waals surface area contributed by atoms with Crippen LogP contribution in [0.3, 0.4) is 0 Å². The normalized spacial score (nSPS) is 12.4. The highest BCUT2D eigenvalue weighted by Gasteiger charge is 2.26. The van der Waals surface area contributed by atoms with Gasteiger partial charge >= 0.3 is 12.1 Å². The van der Waals surface area contributed by atoms with Gasteiger partial charge in [-0.15, -0.1) is 0 Å². The van der Waals surface area contributed by atoms with E-state index < -0.39 is 36.5 Å². The highest BCUT2D eigenvalue weighted by atomic mass is 16.5. The molecule has 0 saturated heterocycles. The number of hydrogen-bond donors (Lipinski definition) is 4. The number of alkyl carbamates (subject to hydrolysis) is 1. The number of carbonyl (C=O) groups excluding carboxylic acids is 3. The molecule has 148 valence electrons. The van der Waals surface area contributed by atoms with Gasteiger partial charge in [-0.2, -0.15) is 0 Å². The number of amides is 3. The van der Waals surface area contributed by atoms with E-state index in [4.69, 9.17) is 9.84 Å². The summed E-state index contributed by atoms with van der Waals surface area (Å²) in [6.45, 7) is 2.79. The van der Waals surface area contributed by atoms with E-state index in [1.807, 2.05) is 37.3 Å². The molecule has 2 atom stereocenters. The summed E-state index contributed by atoms with van der Waals surface area (Å²) in [6, 6.07) is 8.22. The van der Waals surface area contributed by atoms with Gasteiger partial charge in [0.15, 0.2) is 0 Å². The SMILES string of the molecule is CC[C@H](C)[C@H](NC(=O)OCc1ccccc1)C(=O)NCC(=O)NCC(=O)O. The summed E-state index contributed by atoms with van der Waals surface area (Å²) in [5.74, 6) is -2.57. The van der Waals surface area contributed by atoms with Crippen LogP contribution in [0.5, 0.6) is 0 Å². The van der Waals surface area contributed by atoms with E-state index in [-0.39, 0.29) is 19.1 Å². The molecule has 27 heavy (non-hydrogen) atoms. The fraction of sp³-hybridized carbons (Fsp3) is 0.444. The molecule has 3 amide bonds. The summed E-state index contributed by atoms with van der Waals surface area (Å²) in [4.78, 5) is 46.2. The lowest BCUT2D eigenvalue weighted by Gasteiger charge is -2.23.